The molecular weight excluding hydrogens is 226 g/mol. The second kappa shape index (κ2) is 4.48. The lowest BCUT2D eigenvalue weighted by Gasteiger charge is -2.24. The molecule has 3 heteroatoms. The monoisotopic (exact) mass is 243 g/mol. The lowest BCUT2D eigenvalue weighted by Crippen LogP contribution is -2.32. The summed E-state index contributed by atoms with van der Waals surface area (Å²) in [6.07, 6.45) is 5.91. The standard InChI is InChI=1S/C15H17NO2/c1-18-13-6-4-12-9-14-10(2-3-11(12)8-13)5-7-15(17)16-14/h4,6,8-10H,2-3,5,7H2,1H3,(H,16,17). The summed E-state index contributed by atoms with van der Waals surface area (Å²) in [6, 6.07) is 6.15. The number of aryl methyl sites for hydroxylation is 1. The van der Waals surface area contributed by atoms with Crippen LogP contribution in [0, 0.1) is 5.92 Å². The van der Waals surface area contributed by atoms with E-state index in [1.54, 1.807) is 7.11 Å². The van der Waals surface area contributed by atoms with Crippen LogP contribution in [0.15, 0.2) is 23.9 Å². The Morgan fingerprint density at radius 1 is 1.28 bits per heavy atom. The molecule has 2 aliphatic rings. The lowest BCUT2D eigenvalue weighted by atomic mass is 9.91. The SMILES string of the molecule is COc1ccc2c(c1)CCC1CCC(=O)NC1=C2. The Bertz CT molecular complexity index is 519. The fourth-order valence-corrected chi connectivity index (χ4v) is 2.80. The van der Waals surface area contributed by atoms with Crippen molar-refractivity contribution < 1.29 is 9.53 Å². The van der Waals surface area contributed by atoms with Crippen LogP contribution in [0.1, 0.15) is 30.4 Å². The summed E-state index contributed by atoms with van der Waals surface area (Å²) in [4.78, 5) is 11.5. The van der Waals surface area contributed by atoms with Gasteiger partial charge in [0.25, 0.3) is 0 Å². The molecule has 94 valence electrons. The first-order valence-corrected chi connectivity index (χ1v) is 6.44. The molecule has 1 N–H and O–H groups in total. The van der Waals surface area contributed by atoms with Gasteiger partial charge in [0.15, 0.2) is 0 Å². The average Bonchev–Trinajstić information content (AvgIpc) is 2.56. The average molecular weight is 243 g/mol. The molecule has 1 heterocycles. The fraction of sp³-hybridized carbons (Fsp3) is 0.400. The van der Waals surface area contributed by atoms with E-state index < -0.39 is 0 Å². The Labute approximate surface area is 107 Å². The first-order valence-electron chi connectivity index (χ1n) is 6.44. The van der Waals surface area contributed by atoms with Gasteiger partial charge in [-0.1, -0.05) is 6.07 Å². The van der Waals surface area contributed by atoms with Crippen molar-refractivity contribution in [2.45, 2.75) is 25.7 Å². The number of allylic oxidation sites excluding steroid dienone is 1. The van der Waals surface area contributed by atoms with Crippen molar-refractivity contribution in [2.24, 2.45) is 5.92 Å². The number of carbonyl (C=O) groups is 1. The number of carbonyl (C=O) groups excluding carboxylic acids is 1. The molecule has 1 aromatic rings. The second-order valence-electron chi connectivity index (χ2n) is 4.99. The van der Waals surface area contributed by atoms with Gasteiger partial charge in [-0.3, -0.25) is 4.79 Å². The minimum absolute atomic E-state index is 0.148. The molecule has 3 rings (SSSR count). The van der Waals surface area contributed by atoms with Crippen molar-refractivity contribution in [2.75, 3.05) is 7.11 Å². The number of hydrogen-bond acceptors (Lipinski definition) is 2. The third-order valence-corrected chi connectivity index (χ3v) is 3.87. The number of piperidine rings is 1. The molecule has 1 aliphatic carbocycles. The molecule has 0 bridgehead atoms. The van der Waals surface area contributed by atoms with E-state index in [9.17, 15) is 4.79 Å². The van der Waals surface area contributed by atoms with Crippen LogP contribution >= 0.6 is 0 Å². The first-order chi connectivity index (χ1) is 8.76. The summed E-state index contributed by atoms with van der Waals surface area (Å²) < 4.78 is 5.27. The molecule has 1 amide bonds. The van der Waals surface area contributed by atoms with E-state index in [1.165, 1.54) is 11.1 Å². The Morgan fingerprint density at radius 3 is 2.94 bits per heavy atom. The number of nitrogens with one attached hydrogen (secondary N) is 1. The molecule has 1 saturated heterocycles. The maximum atomic E-state index is 11.5. The summed E-state index contributed by atoms with van der Waals surface area (Å²) in [7, 11) is 1.69. The quantitative estimate of drug-likeness (QED) is 0.823. The van der Waals surface area contributed by atoms with Gasteiger partial charge in [0.1, 0.15) is 5.75 Å². The maximum absolute atomic E-state index is 11.5. The van der Waals surface area contributed by atoms with Gasteiger partial charge >= 0.3 is 0 Å². The van der Waals surface area contributed by atoms with Crippen LogP contribution < -0.4 is 10.1 Å². The van der Waals surface area contributed by atoms with Crippen molar-refractivity contribution in [1.29, 1.82) is 0 Å². The number of rotatable bonds is 1. The maximum Gasteiger partial charge on any atom is 0.224 e. The number of benzene rings is 1. The van der Waals surface area contributed by atoms with Crippen LogP contribution in [0.3, 0.4) is 0 Å². The summed E-state index contributed by atoms with van der Waals surface area (Å²) in [5.74, 6) is 1.55. The zero-order valence-corrected chi connectivity index (χ0v) is 10.5. The largest absolute Gasteiger partial charge is 0.497 e. The van der Waals surface area contributed by atoms with Crippen molar-refractivity contribution in [3.8, 4) is 5.75 Å². The molecule has 1 atom stereocenters. The molecule has 0 saturated carbocycles. The van der Waals surface area contributed by atoms with Crippen LogP contribution in [0.5, 0.6) is 5.75 Å². The van der Waals surface area contributed by atoms with E-state index in [2.05, 4.69) is 23.5 Å². The van der Waals surface area contributed by atoms with Gasteiger partial charge in [-0.15, -0.1) is 0 Å². The van der Waals surface area contributed by atoms with Crippen LogP contribution in [0.2, 0.25) is 0 Å². The predicted octanol–water partition coefficient (Wildman–Crippen LogP) is 2.51. The predicted molar refractivity (Wildman–Crippen MR) is 70.2 cm³/mol. The number of amides is 1. The van der Waals surface area contributed by atoms with E-state index in [1.807, 2.05) is 6.07 Å². The molecule has 0 aromatic heterocycles. The third kappa shape index (κ3) is 2.01. The Morgan fingerprint density at radius 2 is 2.11 bits per heavy atom. The van der Waals surface area contributed by atoms with E-state index in [-0.39, 0.29) is 5.91 Å². The summed E-state index contributed by atoms with van der Waals surface area (Å²) in [5, 5.41) is 3.02. The van der Waals surface area contributed by atoms with Crippen molar-refractivity contribution in [1.82, 2.24) is 5.32 Å². The molecule has 18 heavy (non-hydrogen) atoms. The molecule has 0 radical (unpaired) electrons. The zero-order valence-electron chi connectivity index (χ0n) is 10.5. The minimum Gasteiger partial charge on any atom is -0.497 e. The number of methoxy groups -OCH3 is 1. The molecule has 0 spiro atoms. The van der Waals surface area contributed by atoms with E-state index in [4.69, 9.17) is 4.74 Å². The molecule has 1 unspecified atom stereocenters. The van der Waals surface area contributed by atoms with E-state index in [0.717, 1.165) is 30.7 Å². The molecule has 1 aromatic carbocycles. The third-order valence-electron chi connectivity index (χ3n) is 3.87. The van der Waals surface area contributed by atoms with E-state index in [0.29, 0.717) is 12.3 Å². The Kier molecular flexibility index (Phi) is 2.82. The highest BCUT2D eigenvalue weighted by atomic mass is 16.5. The molecular formula is C15H17NO2. The van der Waals surface area contributed by atoms with Gasteiger partial charge in [0, 0.05) is 12.1 Å². The molecule has 1 fully saturated rings. The van der Waals surface area contributed by atoms with Gasteiger partial charge < -0.3 is 10.1 Å². The van der Waals surface area contributed by atoms with Crippen LogP contribution in [-0.4, -0.2) is 13.0 Å². The van der Waals surface area contributed by atoms with E-state index >= 15 is 0 Å². The highest BCUT2D eigenvalue weighted by Crippen LogP contribution is 2.32. The topological polar surface area (TPSA) is 38.3 Å². The van der Waals surface area contributed by atoms with Crippen molar-refractivity contribution in [3.05, 3.63) is 35.0 Å². The molecule has 3 nitrogen and oxygen atoms in total. The summed E-state index contributed by atoms with van der Waals surface area (Å²) in [6.45, 7) is 0. The Hall–Kier alpha value is -1.77. The first kappa shape index (κ1) is 11.3. The normalized spacial score (nSPS) is 22.2. The van der Waals surface area contributed by atoms with Crippen LogP contribution in [-0.2, 0) is 11.2 Å². The number of fused-ring (bicyclic) bond motifs is 2. The van der Waals surface area contributed by atoms with Gasteiger partial charge in [-0.25, -0.2) is 0 Å². The van der Waals surface area contributed by atoms with Crippen LogP contribution in [0.25, 0.3) is 6.08 Å². The smallest absolute Gasteiger partial charge is 0.224 e. The lowest BCUT2D eigenvalue weighted by molar-refractivity contribution is -0.121. The second-order valence-corrected chi connectivity index (χ2v) is 4.99. The van der Waals surface area contributed by atoms with Crippen molar-refractivity contribution >= 4 is 12.0 Å². The van der Waals surface area contributed by atoms with Gasteiger partial charge in [0.05, 0.1) is 7.11 Å². The van der Waals surface area contributed by atoms with Gasteiger partial charge in [-0.05, 0) is 54.5 Å². The van der Waals surface area contributed by atoms with Gasteiger partial charge in [-0.2, -0.15) is 0 Å². The highest BCUT2D eigenvalue weighted by molar-refractivity contribution is 5.81. The summed E-state index contributed by atoms with van der Waals surface area (Å²) >= 11 is 0. The number of ether oxygens (including phenoxy) is 1. The fourth-order valence-electron chi connectivity index (χ4n) is 2.80. The highest BCUT2D eigenvalue weighted by Gasteiger charge is 2.25. The minimum atomic E-state index is 0.148. The van der Waals surface area contributed by atoms with Crippen LogP contribution in [0.4, 0.5) is 0 Å². The number of hydrogen-bond donors (Lipinski definition) is 1. The zero-order chi connectivity index (χ0) is 12.5. The molecule has 1 aliphatic heterocycles. The van der Waals surface area contributed by atoms with Gasteiger partial charge in [0.2, 0.25) is 5.91 Å². The Balaban J connectivity index is 1.98. The summed E-state index contributed by atoms with van der Waals surface area (Å²) in [5.41, 5.74) is 3.61. The van der Waals surface area contributed by atoms with Crippen molar-refractivity contribution in [3.63, 3.8) is 0 Å².